The van der Waals surface area contributed by atoms with Crippen LogP contribution in [-0.4, -0.2) is 34.6 Å². The summed E-state index contributed by atoms with van der Waals surface area (Å²) in [6, 6.07) is 0. The van der Waals surface area contributed by atoms with Crippen LogP contribution in [0.25, 0.3) is 0 Å². The summed E-state index contributed by atoms with van der Waals surface area (Å²) in [6.07, 6.45) is 9.55. The van der Waals surface area contributed by atoms with Crippen molar-refractivity contribution in [3.05, 3.63) is 18.2 Å². The Bertz CT molecular complexity index is 346. The van der Waals surface area contributed by atoms with E-state index in [9.17, 15) is 0 Å². The Kier molecular flexibility index (Phi) is 2.72. The van der Waals surface area contributed by atoms with Crippen LogP contribution in [-0.2, 0) is 6.54 Å². The number of aromatic nitrogens is 2. The molecule has 2 aliphatic rings. The minimum absolute atomic E-state index is 0.828. The average molecular weight is 219 g/mol. The van der Waals surface area contributed by atoms with Gasteiger partial charge < -0.3 is 9.47 Å². The Labute approximate surface area is 97.5 Å². The molecule has 1 aromatic heterocycles. The molecule has 2 fully saturated rings. The van der Waals surface area contributed by atoms with Crippen molar-refractivity contribution in [2.45, 2.75) is 38.1 Å². The Morgan fingerprint density at radius 3 is 2.69 bits per heavy atom. The number of hydrogen-bond donors (Lipinski definition) is 0. The molecule has 3 heteroatoms. The highest BCUT2D eigenvalue weighted by Crippen LogP contribution is 2.40. The van der Waals surface area contributed by atoms with Crippen LogP contribution in [0.5, 0.6) is 0 Å². The third kappa shape index (κ3) is 2.14. The van der Waals surface area contributed by atoms with Gasteiger partial charge in [0, 0.05) is 24.4 Å². The largest absolute Gasteiger partial charge is 0.334 e. The molecule has 0 spiro atoms. The first-order valence-corrected chi connectivity index (χ1v) is 6.51. The van der Waals surface area contributed by atoms with E-state index in [-0.39, 0.29) is 0 Å². The van der Waals surface area contributed by atoms with E-state index in [1.807, 2.05) is 6.33 Å². The Balaban J connectivity index is 1.62. The predicted molar refractivity (Wildman–Crippen MR) is 64.4 cm³/mol. The van der Waals surface area contributed by atoms with Gasteiger partial charge in [0.25, 0.3) is 0 Å². The molecule has 16 heavy (non-hydrogen) atoms. The molecule has 0 bridgehead atoms. The van der Waals surface area contributed by atoms with Gasteiger partial charge in [0.1, 0.15) is 0 Å². The lowest BCUT2D eigenvalue weighted by molar-refractivity contribution is 0.204. The first-order chi connectivity index (χ1) is 7.83. The van der Waals surface area contributed by atoms with Gasteiger partial charge in [0.15, 0.2) is 0 Å². The van der Waals surface area contributed by atoms with Gasteiger partial charge in [-0.3, -0.25) is 0 Å². The van der Waals surface area contributed by atoms with Gasteiger partial charge in [0.2, 0.25) is 0 Å². The normalized spacial score (nSPS) is 23.8. The number of piperidine rings is 1. The molecule has 1 aromatic rings. The Morgan fingerprint density at radius 1 is 1.25 bits per heavy atom. The van der Waals surface area contributed by atoms with Crippen LogP contribution in [0.3, 0.4) is 0 Å². The first-order valence-electron chi connectivity index (χ1n) is 6.51. The summed E-state index contributed by atoms with van der Waals surface area (Å²) < 4.78 is 2.41. The second kappa shape index (κ2) is 4.21. The highest BCUT2D eigenvalue weighted by molar-refractivity contribution is 5.12. The van der Waals surface area contributed by atoms with Crippen LogP contribution in [0.15, 0.2) is 12.5 Å². The molecule has 1 aliphatic heterocycles. The lowest BCUT2D eigenvalue weighted by Crippen LogP contribution is -2.32. The zero-order valence-corrected chi connectivity index (χ0v) is 10.1. The number of likely N-dealkylation sites (tertiary alicyclic amines) is 1. The van der Waals surface area contributed by atoms with Gasteiger partial charge >= 0.3 is 0 Å². The van der Waals surface area contributed by atoms with Crippen LogP contribution >= 0.6 is 0 Å². The Hall–Kier alpha value is -0.830. The molecular weight excluding hydrogens is 198 g/mol. The smallest absolute Gasteiger partial charge is 0.0948 e. The topological polar surface area (TPSA) is 21.1 Å². The van der Waals surface area contributed by atoms with Crippen molar-refractivity contribution < 1.29 is 0 Å². The van der Waals surface area contributed by atoms with Gasteiger partial charge in [0.05, 0.1) is 6.33 Å². The van der Waals surface area contributed by atoms with E-state index in [0.29, 0.717) is 0 Å². The molecule has 0 radical (unpaired) electrons. The molecular formula is C13H21N3. The molecule has 0 amide bonds. The molecule has 0 aromatic carbocycles. The van der Waals surface area contributed by atoms with Gasteiger partial charge in [-0.2, -0.15) is 0 Å². The van der Waals surface area contributed by atoms with Gasteiger partial charge in [-0.15, -0.1) is 0 Å². The minimum Gasteiger partial charge on any atom is -0.334 e. The van der Waals surface area contributed by atoms with E-state index in [0.717, 1.165) is 11.8 Å². The molecule has 1 saturated heterocycles. The Morgan fingerprint density at radius 2 is 2.00 bits per heavy atom. The van der Waals surface area contributed by atoms with E-state index in [4.69, 9.17) is 0 Å². The molecule has 2 heterocycles. The fourth-order valence-corrected chi connectivity index (χ4v) is 2.73. The molecule has 88 valence electrons. The van der Waals surface area contributed by atoms with Crippen LogP contribution in [0.2, 0.25) is 0 Å². The summed E-state index contributed by atoms with van der Waals surface area (Å²) in [5.74, 6) is 1.69. The van der Waals surface area contributed by atoms with Crippen LogP contribution in [0.4, 0.5) is 0 Å². The van der Waals surface area contributed by atoms with Crippen LogP contribution in [0, 0.1) is 5.92 Å². The van der Waals surface area contributed by atoms with Gasteiger partial charge in [-0.25, -0.2) is 4.98 Å². The number of hydrogen-bond acceptors (Lipinski definition) is 2. The fourth-order valence-electron chi connectivity index (χ4n) is 2.73. The number of imidazole rings is 1. The highest BCUT2D eigenvalue weighted by atomic mass is 15.1. The van der Waals surface area contributed by atoms with E-state index in [1.165, 1.54) is 51.0 Å². The summed E-state index contributed by atoms with van der Waals surface area (Å²) in [6.45, 7) is 3.72. The molecule has 1 aliphatic carbocycles. The van der Waals surface area contributed by atoms with E-state index in [1.54, 1.807) is 0 Å². The van der Waals surface area contributed by atoms with Crippen molar-refractivity contribution >= 4 is 0 Å². The number of nitrogens with zero attached hydrogens (tertiary/aromatic N) is 3. The van der Waals surface area contributed by atoms with Gasteiger partial charge in [-0.1, -0.05) is 0 Å². The summed E-state index contributed by atoms with van der Waals surface area (Å²) in [4.78, 5) is 6.75. The summed E-state index contributed by atoms with van der Waals surface area (Å²) in [5.41, 5.74) is 1.49. The summed E-state index contributed by atoms with van der Waals surface area (Å²) >= 11 is 0. The van der Waals surface area contributed by atoms with Crippen molar-refractivity contribution in [1.82, 2.24) is 14.5 Å². The molecule has 0 unspecified atom stereocenters. The van der Waals surface area contributed by atoms with Crippen LogP contribution < -0.4 is 0 Å². The van der Waals surface area contributed by atoms with Crippen molar-refractivity contribution in [2.75, 3.05) is 20.1 Å². The van der Waals surface area contributed by atoms with E-state index >= 15 is 0 Å². The first kappa shape index (κ1) is 10.3. The average Bonchev–Trinajstić information content (AvgIpc) is 3.03. The summed E-state index contributed by atoms with van der Waals surface area (Å²) in [5, 5.41) is 0. The maximum Gasteiger partial charge on any atom is 0.0948 e. The maximum atomic E-state index is 4.32. The van der Waals surface area contributed by atoms with Crippen molar-refractivity contribution in [3.63, 3.8) is 0 Å². The lowest BCUT2D eigenvalue weighted by Gasteiger charge is -2.29. The monoisotopic (exact) mass is 219 g/mol. The van der Waals surface area contributed by atoms with Gasteiger partial charge in [-0.05, 0) is 51.7 Å². The standard InChI is InChI=1S/C13H21N3/c1-15-6-4-11(5-7-15)9-16-10-14-8-13(16)12-2-3-12/h8,10-12H,2-7,9H2,1H3. The minimum atomic E-state index is 0.828. The molecule has 3 rings (SSSR count). The maximum absolute atomic E-state index is 4.32. The van der Waals surface area contributed by atoms with Crippen molar-refractivity contribution in [1.29, 1.82) is 0 Å². The second-order valence-corrected chi connectivity index (χ2v) is 5.49. The molecule has 3 nitrogen and oxygen atoms in total. The van der Waals surface area contributed by atoms with E-state index in [2.05, 4.69) is 27.7 Å². The quantitative estimate of drug-likeness (QED) is 0.776. The third-order valence-electron chi connectivity index (χ3n) is 4.03. The van der Waals surface area contributed by atoms with E-state index < -0.39 is 0 Å². The zero-order valence-electron chi connectivity index (χ0n) is 10.1. The molecule has 0 N–H and O–H groups in total. The molecule has 1 saturated carbocycles. The van der Waals surface area contributed by atoms with Crippen molar-refractivity contribution in [2.24, 2.45) is 5.92 Å². The predicted octanol–water partition coefficient (Wildman–Crippen LogP) is 2.10. The highest BCUT2D eigenvalue weighted by Gasteiger charge is 2.27. The fraction of sp³-hybridized carbons (Fsp3) is 0.769. The van der Waals surface area contributed by atoms with Crippen LogP contribution in [0.1, 0.15) is 37.3 Å². The SMILES string of the molecule is CN1CCC(Cn2cncc2C2CC2)CC1. The zero-order chi connectivity index (χ0) is 11.0. The summed E-state index contributed by atoms with van der Waals surface area (Å²) in [7, 11) is 2.23. The third-order valence-corrected chi connectivity index (χ3v) is 4.03. The van der Waals surface area contributed by atoms with Crippen molar-refractivity contribution in [3.8, 4) is 0 Å². The second-order valence-electron chi connectivity index (χ2n) is 5.49. The molecule has 0 atom stereocenters. The number of rotatable bonds is 3. The lowest BCUT2D eigenvalue weighted by atomic mass is 9.97.